The first kappa shape index (κ1) is 12.4. The largest absolute Gasteiger partial charge is 0.479 e. The van der Waals surface area contributed by atoms with Crippen molar-refractivity contribution in [3.63, 3.8) is 0 Å². The van der Waals surface area contributed by atoms with Crippen molar-refractivity contribution in [1.29, 1.82) is 0 Å². The second kappa shape index (κ2) is 4.82. The number of carbonyl (C=O) groups is 1. The van der Waals surface area contributed by atoms with Gasteiger partial charge in [0.05, 0.1) is 6.10 Å². The first-order valence-corrected chi connectivity index (χ1v) is 7.28. The van der Waals surface area contributed by atoms with Gasteiger partial charge in [-0.05, 0) is 31.1 Å². The molecule has 3 fully saturated rings. The predicted octanol–water partition coefficient (Wildman–Crippen LogP) is 1.88. The van der Waals surface area contributed by atoms with Crippen molar-refractivity contribution in [2.24, 2.45) is 5.41 Å². The van der Waals surface area contributed by atoms with Gasteiger partial charge in [-0.15, -0.1) is 0 Å². The van der Waals surface area contributed by atoms with Gasteiger partial charge in [0.15, 0.2) is 6.10 Å². The second-order valence-electron chi connectivity index (χ2n) is 6.39. The Bertz CT molecular complexity index is 317. The molecule has 2 heterocycles. The van der Waals surface area contributed by atoms with Crippen LogP contribution in [0.5, 0.6) is 0 Å². The van der Waals surface area contributed by atoms with Crippen molar-refractivity contribution < 1.29 is 14.6 Å². The number of hydrogen-bond donors (Lipinski definition) is 1. The van der Waals surface area contributed by atoms with E-state index in [0.717, 1.165) is 13.0 Å². The highest BCUT2D eigenvalue weighted by Crippen LogP contribution is 2.44. The molecule has 1 N–H and O–H groups in total. The molecular weight excluding hydrogens is 230 g/mol. The van der Waals surface area contributed by atoms with E-state index in [4.69, 9.17) is 9.84 Å². The normalized spacial score (nSPS) is 35.6. The van der Waals surface area contributed by atoms with Gasteiger partial charge in [-0.2, -0.15) is 0 Å². The summed E-state index contributed by atoms with van der Waals surface area (Å²) in [5.74, 6) is -0.801. The molecule has 4 nitrogen and oxygen atoms in total. The third-order valence-corrected chi connectivity index (χ3v) is 4.88. The molecule has 1 aliphatic carbocycles. The maximum Gasteiger partial charge on any atom is 0.332 e. The Labute approximate surface area is 108 Å². The zero-order valence-corrected chi connectivity index (χ0v) is 10.9. The summed E-state index contributed by atoms with van der Waals surface area (Å²) in [6.45, 7) is 3.36. The number of hydrogen-bond acceptors (Lipinski definition) is 3. The van der Waals surface area contributed by atoms with E-state index in [1.54, 1.807) is 0 Å². The third-order valence-electron chi connectivity index (χ3n) is 4.88. The molecule has 18 heavy (non-hydrogen) atoms. The average Bonchev–Trinajstić information content (AvgIpc) is 2.77. The highest BCUT2D eigenvalue weighted by Gasteiger charge is 2.44. The van der Waals surface area contributed by atoms with E-state index in [2.05, 4.69) is 4.90 Å². The van der Waals surface area contributed by atoms with Crippen LogP contribution in [-0.2, 0) is 9.53 Å². The fourth-order valence-electron chi connectivity index (χ4n) is 3.96. The fourth-order valence-corrected chi connectivity index (χ4v) is 3.96. The Morgan fingerprint density at radius 1 is 1.22 bits per heavy atom. The van der Waals surface area contributed by atoms with Crippen LogP contribution in [0.3, 0.4) is 0 Å². The average molecular weight is 253 g/mol. The Morgan fingerprint density at radius 3 is 2.56 bits per heavy atom. The molecule has 2 atom stereocenters. The molecule has 2 unspecified atom stereocenters. The van der Waals surface area contributed by atoms with Crippen molar-refractivity contribution in [1.82, 2.24) is 4.90 Å². The van der Waals surface area contributed by atoms with E-state index >= 15 is 0 Å². The van der Waals surface area contributed by atoms with Gasteiger partial charge in [0.2, 0.25) is 0 Å². The van der Waals surface area contributed by atoms with Crippen molar-refractivity contribution in [3.05, 3.63) is 0 Å². The molecule has 2 saturated heterocycles. The molecule has 0 aromatic carbocycles. The molecule has 102 valence electrons. The van der Waals surface area contributed by atoms with Crippen LogP contribution in [0.15, 0.2) is 0 Å². The third kappa shape index (κ3) is 2.41. The monoisotopic (exact) mass is 253 g/mol. The van der Waals surface area contributed by atoms with Gasteiger partial charge in [0, 0.05) is 19.6 Å². The van der Waals surface area contributed by atoms with E-state index in [1.807, 2.05) is 0 Å². The van der Waals surface area contributed by atoms with Crippen LogP contribution in [-0.4, -0.2) is 47.8 Å². The van der Waals surface area contributed by atoms with Crippen LogP contribution in [0.4, 0.5) is 0 Å². The van der Waals surface area contributed by atoms with E-state index in [1.165, 1.54) is 45.2 Å². The topological polar surface area (TPSA) is 49.8 Å². The SMILES string of the molecule is O=C(O)C1CCC(CN2CC3(CCCCC3)C2)O1. The number of nitrogens with zero attached hydrogens (tertiary/aromatic N) is 1. The van der Waals surface area contributed by atoms with E-state index in [9.17, 15) is 4.79 Å². The van der Waals surface area contributed by atoms with E-state index < -0.39 is 12.1 Å². The highest BCUT2D eigenvalue weighted by molar-refractivity contribution is 5.72. The summed E-state index contributed by atoms with van der Waals surface area (Å²) in [5.41, 5.74) is 0.614. The molecule has 1 spiro atoms. The van der Waals surface area contributed by atoms with Crippen LogP contribution in [0, 0.1) is 5.41 Å². The predicted molar refractivity (Wildman–Crippen MR) is 67.5 cm³/mol. The molecule has 0 aromatic rings. The molecule has 3 aliphatic rings. The molecule has 0 radical (unpaired) electrons. The first-order chi connectivity index (χ1) is 8.67. The molecule has 2 aliphatic heterocycles. The molecule has 0 amide bonds. The van der Waals surface area contributed by atoms with Crippen LogP contribution < -0.4 is 0 Å². The van der Waals surface area contributed by atoms with Crippen molar-refractivity contribution in [2.45, 2.75) is 57.2 Å². The number of aliphatic carboxylic acids is 1. The summed E-state index contributed by atoms with van der Waals surface area (Å²) in [7, 11) is 0. The highest BCUT2D eigenvalue weighted by atomic mass is 16.5. The molecule has 0 aromatic heterocycles. The zero-order valence-electron chi connectivity index (χ0n) is 10.9. The summed E-state index contributed by atoms with van der Waals surface area (Å²) < 4.78 is 5.56. The van der Waals surface area contributed by atoms with E-state index in [-0.39, 0.29) is 6.10 Å². The lowest BCUT2D eigenvalue weighted by atomic mass is 9.68. The molecule has 4 heteroatoms. The minimum Gasteiger partial charge on any atom is -0.479 e. The minimum atomic E-state index is -0.801. The van der Waals surface area contributed by atoms with Gasteiger partial charge in [-0.3, -0.25) is 4.90 Å². The number of rotatable bonds is 3. The maximum atomic E-state index is 10.8. The number of carboxylic acids is 1. The van der Waals surface area contributed by atoms with Gasteiger partial charge >= 0.3 is 5.97 Å². The van der Waals surface area contributed by atoms with Gasteiger partial charge < -0.3 is 9.84 Å². The standard InChI is InChI=1S/C14H23NO3/c16-13(17)12-5-4-11(18-12)8-15-9-14(10-15)6-2-1-3-7-14/h11-12H,1-10H2,(H,16,17). The van der Waals surface area contributed by atoms with Crippen LogP contribution >= 0.6 is 0 Å². The van der Waals surface area contributed by atoms with Crippen molar-refractivity contribution in [3.8, 4) is 0 Å². The smallest absolute Gasteiger partial charge is 0.332 e. The van der Waals surface area contributed by atoms with Crippen LogP contribution in [0.25, 0.3) is 0 Å². The van der Waals surface area contributed by atoms with Gasteiger partial charge in [0.25, 0.3) is 0 Å². The number of likely N-dealkylation sites (tertiary alicyclic amines) is 1. The second-order valence-corrected chi connectivity index (χ2v) is 6.39. The molecular formula is C14H23NO3. The van der Waals surface area contributed by atoms with Gasteiger partial charge in [-0.1, -0.05) is 19.3 Å². The summed E-state index contributed by atoms with van der Waals surface area (Å²) in [6.07, 6.45) is 8.17. The lowest BCUT2D eigenvalue weighted by molar-refractivity contribution is -0.150. The zero-order chi connectivity index (χ0) is 12.6. The van der Waals surface area contributed by atoms with E-state index in [0.29, 0.717) is 11.8 Å². The number of carboxylic acid groups (broad SMARTS) is 1. The van der Waals surface area contributed by atoms with Gasteiger partial charge in [-0.25, -0.2) is 4.79 Å². The van der Waals surface area contributed by atoms with Crippen LogP contribution in [0.1, 0.15) is 44.9 Å². The molecule has 1 saturated carbocycles. The molecule has 3 rings (SSSR count). The summed E-state index contributed by atoms with van der Waals surface area (Å²) in [6, 6.07) is 0. The quantitative estimate of drug-likeness (QED) is 0.834. The summed E-state index contributed by atoms with van der Waals surface area (Å²) in [4.78, 5) is 13.3. The summed E-state index contributed by atoms with van der Waals surface area (Å²) in [5, 5.41) is 8.90. The van der Waals surface area contributed by atoms with Crippen molar-refractivity contribution in [2.75, 3.05) is 19.6 Å². The molecule has 0 bridgehead atoms. The minimum absolute atomic E-state index is 0.145. The van der Waals surface area contributed by atoms with Crippen LogP contribution in [0.2, 0.25) is 0 Å². The lowest BCUT2D eigenvalue weighted by Gasteiger charge is -2.53. The Morgan fingerprint density at radius 2 is 1.94 bits per heavy atom. The Kier molecular flexibility index (Phi) is 3.32. The fraction of sp³-hybridized carbons (Fsp3) is 0.929. The summed E-state index contributed by atoms with van der Waals surface area (Å²) >= 11 is 0. The van der Waals surface area contributed by atoms with Crippen molar-refractivity contribution >= 4 is 5.97 Å². The Balaban J connectivity index is 1.42. The maximum absolute atomic E-state index is 10.8. The Hall–Kier alpha value is -0.610. The number of ether oxygens (including phenoxy) is 1. The lowest BCUT2D eigenvalue weighted by Crippen LogP contribution is -2.58. The van der Waals surface area contributed by atoms with Gasteiger partial charge in [0.1, 0.15) is 0 Å². The first-order valence-electron chi connectivity index (χ1n) is 7.28.